The van der Waals surface area contributed by atoms with Crippen molar-refractivity contribution in [3.8, 4) is 0 Å². The second kappa shape index (κ2) is 3.85. The lowest BCUT2D eigenvalue weighted by molar-refractivity contribution is 0.250. The van der Waals surface area contributed by atoms with Gasteiger partial charge in [-0.25, -0.2) is 0 Å². The Morgan fingerprint density at radius 2 is 2.55 bits per heavy atom. The minimum absolute atomic E-state index is 0.0164. The van der Waals surface area contributed by atoms with E-state index in [0.717, 1.165) is 4.47 Å². The molecule has 1 heterocycles. The highest BCUT2D eigenvalue weighted by Crippen LogP contribution is 2.05. The standard InChI is InChI=1S/C6H10BrN3O/c7-5-1-9-10(2-5)3-6(8)4-11/h1-2,6,11H,3-4,8H2. The van der Waals surface area contributed by atoms with Gasteiger partial charge in [-0.1, -0.05) is 0 Å². The molecular formula is C6H10BrN3O. The third-order valence-electron chi connectivity index (χ3n) is 1.26. The molecule has 1 atom stereocenters. The van der Waals surface area contributed by atoms with Crippen LogP contribution in [0.3, 0.4) is 0 Å². The van der Waals surface area contributed by atoms with Crippen LogP contribution in [0.4, 0.5) is 0 Å². The van der Waals surface area contributed by atoms with E-state index in [1.807, 2.05) is 6.20 Å². The van der Waals surface area contributed by atoms with Crippen molar-refractivity contribution < 1.29 is 5.11 Å². The largest absolute Gasteiger partial charge is 0.395 e. The first-order valence-electron chi connectivity index (χ1n) is 3.27. The first-order chi connectivity index (χ1) is 5.22. The highest BCUT2D eigenvalue weighted by Gasteiger charge is 2.01. The van der Waals surface area contributed by atoms with Crippen LogP contribution in [0, 0.1) is 0 Å². The van der Waals surface area contributed by atoms with Gasteiger partial charge in [0, 0.05) is 12.2 Å². The molecule has 0 aliphatic heterocycles. The summed E-state index contributed by atoms with van der Waals surface area (Å²) in [5.41, 5.74) is 5.49. The minimum atomic E-state index is -0.234. The Hall–Kier alpha value is -0.390. The van der Waals surface area contributed by atoms with Crippen molar-refractivity contribution in [3.05, 3.63) is 16.9 Å². The van der Waals surface area contributed by atoms with Gasteiger partial charge in [-0.2, -0.15) is 5.10 Å². The van der Waals surface area contributed by atoms with E-state index in [1.165, 1.54) is 0 Å². The summed E-state index contributed by atoms with van der Waals surface area (Å²) in [6, 6.07) is -0.234. The molecule has 1 unspecified atom stereocenters. The van der Waals surface area contributed by atoms with Crippen LogP contribution in [0.15, 0.2) is 16.9 Å². The summed E-state index contributed by atoms with van der Waals surface area (Å²) in [6.07, 6.45) is 3.50. The number of aliphatic hydroxyl groups excluding tert-OH is 1. The smallest absolute Gasteiger partial charge is 0.0632 e. The molecule has 4 nitrogen and oxygen atoms in total. The van der Waals surface area contributed by atoms with Gasteiger partial charge in [0.15, 0.2) is 0 Å². The predicted octanol–water partition coefficient (Wildman–Crippen LogP) is -0.0348. The van der Waals surface area contributed by atoms with Gasteiger partial charge in [0.1, 0.15) is 0 Å². The molecule has 0 bridgehead atoms. The molecule has 3 N–H and O–H groups in total. The molecule has 62 valence electrons. The molecule has 0 aliphatic carbocycles. The van der Waals surface area contributed by atoms with Crippen LogP contribution in [-0.4, -0.2) is 27.5 Å². The van der Waals surface area contributed by atoms with E-state index in [1.54, 1.807) is 10.9 Å². The van der Waals surface area contributed by atoms with E-state index in [9.17, 15) is 0 Å². The zero-order chi connectivity index (χ0) is 8.27. The fraction of sp³-hybridized carbons (Fsp3) is 0.500. The van der Waals surface area contributed by atoms with Gasteiger partial charge in [0.2, 0.25) is 0 Å². The summed E-state index contributed by atoms with van der Waals surface area (Å²) < 4.78 is 2.60. The Bertz CT molecular complexity index is 225. The van der Waals surface area contributed by atoms with E-state index < -0.39 is 0 Å². The Morgan fingerprint density at radius 3 is 3.00 bits per heavy atom. The maximum Gasteiger partial charge on any atom is 0.0632 e. The molecular weight excluding hydrogens is 210 g/mol. The van der Waals surface area contributed by atoms with Crippen LogP contribution >= 0.6 is 15.9 Å². The zero-order valence-corrected chi connectivity index (χ0v) is 7.53. The van der Waals surface area contributed by atoms with Crippen molar-refractivity contribution in [3.63, 3.8) is 0 Å². The van der Waals surface area contributed by atoms with E-state index in [-0.39, 0.29) is 12.6 Å². The molecule has 0 spiro atoms. The van der Waals surface area contributed by atoms with Gasteiger partial charge < -0.3 is 10.8 Å². The third kappa shape index (κ3) is 2.61. The topological polar surface area (TPSA) is 64.1 Å². The molecule has 0 fully saturated rings. The summed E-state index contributed by atoms with van der Waals surface area (Å²) in [4.78, 5) is 0. The van der Waals surface area contributed by atoms with Gasteiger partial charge in [-0.15, -0.1) is 0 Å². The number of halogens is 1. The predicted molar refractivity (Wildman–Crippen MR) is 45.0 cm³/mol. The van der Waals surface area contributed by atoms with Crippen molar-refractivity contribution in [1.29, 1.82) is 0 Å². The first-order valence-corrected chi connectivity index (χ1v) is 4.06. The molecule has 0 aromatic carbocycles. The number of hydrogen-bond donors (Lipinski definition) is 2. The first kappa shape index (κ1) is 8.70. The lowest BCUT2D eigenvalue weighted by Gasteiger charge is -2.06. The van der Waals surface area contributed by atoms with E-state index in [2.05, 4.69) is 21.0 Å². The Balaban J connectivity index is 2.50. The second-order valence-electron chi connectivity index (χ2n) is 2.32. The molecule has 0 saturated heterocycles. The molecule has 1 aromatic rings. The summed E-state index contributed by atoms with van der Waals surface area (Å²) >= 11 is 3.26. The van der Waals surface area contributed by atoms with Crippen LogP contribution in [0.25, 0.3) is 0 Å². The van der Waals surface area contributed by atoms with Crippen LogP contribution in [0.5, 0.6) is 0 Å². The van der Waals surface area contributed by atoms with Crippen molar-refractivity contribution >= 4 is 15.9 Å². The molecule has 11 heavy (non-hydrogen) atoms. The molecule has 0 amide bonds. The average Bonchev–Trinajstić information content (AvgIpc) is 2.35. The van der Waals surface area contributed by atoms with E-state index in [4.69, 9.17) is 10.8 Å². The monoisotopic (exact) mass is 219 g/mol. The second-order valence-corrected chi connectivity index (χ2v) is 3.24. The number of aromatic nitrogens is 2. The maximum absolute atomic E-state index is 8.63. The van der Waals surface area contributed by atoms with Gasteiger partial charge >= 0.3 is 0 Å². The number of nitrogens with zero attached hydrogens (tertiary/aromatic N) is 2. The van der Waals surface area contributed by atoms with Crippen molar-refractivity contribution in [2.45, 2.75) is 12.6 Å². The Morgan fingerprint density at radius 1 is 1.82 bits per heavy atom. The Labute approximate surface area is 73.1 Å². The summed E-state index contributed by atoms with van der Waals surface area (Å²) in [6.45, 7) is 0.527. The molecule has 0 radical (unpaired) electrons. The SMILES string of the molecule is NC(CO)Cn1cc(Br)cn1. The van der Waals surface area contributed by atoms with E-state index >= 15 is 0 Å². The third-order valence-corrected chi connectivity index (χ3v) is 1.67. The number of nitrogens with two attached hydrogens (primary N) is 1. The van der Waals surface area contributed by atoms with Crippen LogP contribution in [0.1, 0.15) is 0 Å². The van der Waals surface area contributed by atoms with Gasteiger partial charge in [-0.05, 0) is 15.9 Å². The molecule has 0 aliphatic rings. The van der Waals surface area contributed by atoms with Crippen molar-refractivity contribution in [2.75, 3.05) is 6.61 Å². The summed E-state index contributed by atoms with van der Waals surface area (Å²) in [5, 5.41) is 12.6. The molecule has 5 heteroatoms. The van der Waals surface area contributed by atoms with Gasteiger partial charge in [-0.3, -0.25) is 4.68 Å². The molecule has 1 rings (SSSR count). The average molecular weight is 220 g/mol. The van der Waals surface area contributed by atoms with Gasteiger partial charge in [0.05, 0.1) is 23.8 Å². The van der Waals surface area contributed by atoms with Crippen LogP contribution < -0.4 is 5.73 Å². The number of aliphatic hydroxyl groups is 1. The fourth-order valence-corrected chi connectivity index (χ4v) is 1.06. The highest BCUT2D eigenvalue weighted by molar-refractivity contribution is 9.10. The highest BCUT2D eigenvalue weighted by atomic mass is 79.9. The Kier molecular flexibility index (Phi) is 3.04. The van der Waals surface area contributed by atoms with Gasteiger partial charge in [0.25, 0.3) is 0 Å². The number of rotatable bonds is 3. The van der Waals surface area contributed by atoms with Crippen LogP contribution in [-0.2, 0) is 6.54 Å². The van der Waals surface area contributed by atoms with Crippen LogP contribution in [0.2, 0.25) is 0 Å². The zero-order valence-electron chi connectivity index (χ0n) is 5.94. The van der Waals surface area contributed by atoms with E-state index in [0.29, 0.717) is 6.54 Å². The normalized spacial score (nSPS) is 13.4. The number of hydrogen-bond acceptors (Lipinski definition) is 3. The fourth-order valence-electron chi connectivity index (χ4n) is 0.736. The molecule has 0 saturated carbocycles. The lowest BCUT2D eigenvalue weighted by Crippen LogP contribution is -2.29. The summed E-state index contributed by atoms with van der Waals surface area (Å²) in [7, 11) is 0. The minimum Gasteiger partial charge on any atom is -0.395 e. The van der Waals surface area contributed by atoms with Crippen molar-refractivity contribution in [1.82, 2.24) is 9.78 Å². The lowest BCUT2D eigenvalue weighted by atomic mass is 10.3. The molecule has 1 aromatic heterocycles. The summed E-state index contributed by atoms with van der Waals surface area (Å²) in [5.74, 6) is 0. The maximum atomic E-state index is 8.63. The van der Waals surface area contributed by atoms with Crippen molar-refractivity contribution in [2.24, 2.45) is 5.73 Å². The quantitative estimate of drug-likeness (QED) is 0.751.